The molecule has 0 saturated heterocycles. The Morgan fingerprint density at radius 1 is 1.38 bits per heavy atom. The Morgan fingerprint density at radius 3 is 2.62 bits per heavy atom. The first-order valence-corrected chi connectivity index (χ1v) is 5.26. The molecule has 0 amide bonds. The van der Waals surface area contributed by atoms with E-state index in [1.165, 1.54) is 6.92 Å². The summed E-state index contributed by atoms with van der Waals surface area (Å²) in [6.07, 6.45) is 1.86. The predicted octanol–water partition coefficient (Wildman–Crippen LogP) is 2.94. The number of benzene rings is 1. The van der Waals surface area contributed by atoms with Crippen molar-refractivity contribution in [1.82, 2.24) is 9.78 Å². The molecule has 0 unspecified atom stereocenters. The first kappa shape index (κ1) is 10.9. The molecule has 0 aliphatic heterocycles. The summed E-state index contributed by atoms with van der Waals surface area (Å²) in [6, 6.07) is 7.25. The van der Waals surface area contributed by atoms with Crippen molar-refractivity contribution in [2.45, 2.75) is 6.92 Å². The Balaban J connectivity index is 2.45. The second kappa shape index (κ2) is 4.10. The van der Waals surface area contributed by atoms with Gasteiger partial charge in [0.05, 0.1) is 10.7 Å². The lowest BCUT2D eigenvalue weighted by atomic mass is 10.1. The van der Waals surface area contributed by atoms with Gasteiger partial charge in [0.2, 0.25) is 0 Å². The van der Waals surface area contributed by atoms with Gasteiger partial charge in [-0.15, -0.1) is 0 Å². The van der Waals surface area contributed by atoms with E-state index < -0.39 is 0 Å². The molecule has 1 aromatic heterocycles. The number of ketones is 1. The molecular formula is C12H11ClN2O. The summed E-state index contributed by atoms with van der Waals surface area (Å²) < 4.78 is 1.72. The van der Waals surface area contributed by atoms with E-state index >= 15 is 0 Å². The van der Waals surface area contributed by atoms with E-state index in [4.69, 9.17) is 11.6 Å². The van der Waals surface area contributed by atoms with E-state index in [2.05, 4.69) is 5.10 Å². The van der Waals surface area contributed by atoms with Crippen molar-refractivity contribution in [3.8, 4) is 11.3 Å². The van der Waals surface area contributed by atoms with Crippen LogP contribution in [0.2, 0.25) is 5.02 Å². The summed E-state index contributed by atoms with van der Waals surface area (Å²) in [7, 11) is 1.86. The number of aryl methyl sites for hydroxylation is 1. The maximum absolute atomic E-state index is 11.2. The molecule has 2 aromatic rings. The lowest BCUT2D eigenvalue weighted by Gasteiger charge is -2.02. The smallest absolute Gasteiger partial charge is 0.161 e. The highest BCUT2D eigenvalue weighted by molar-refractivity contribution is 6.34. The minimum atomic E-state index is -0.0300. The molecule has 4 heteroatoms. The quantitative estimate of drug-likeness (QED) is 0.749. The average Bonchev–Trinajstić information content (AvgIpc) is 2.64. The molecule has 1 aromatic carbocycles. The van der Waals surface area contributed by atoms with Crippen molar-refractivity contribution >= 4 is 17.4 Å². The van der Waals surface area contributed by atoms with E-state index in [1.807, 2.05) is 25.4 Å². The van der Waals surface area contributed by atoms with Gasteiger partial charge in [-0.05, 0) is 25.1 Å². The molecule has 0 aliphatic rings. The number of Topliss-reactive ketones (excluding diaryl/α,β-unsaturated/α-hetero) is 1. The first-order valence-electron chi connectivity index (χ1n) is 4.88. The van der Waals surface area contributed by atoms with Crippen molar-refractivity contribution in [1.29, 1.82) is 0 Å². The Bertz CT molecular complexity index is 546. The molecule has 0 N–H and O–H groups in total. The van der Waals surface area contributed by atoms with Crippen LogP contribution in [-0.2, 0) is 7.05 Å². The summed E-state index contributed by atoms with van der Waals surface area (Å²) in [5, 5.41) is 4.74. The minimum Gasteiger partial charge on any atom is -0.294 e. The molecule has 0 radical (unpaired) electrons. The fraction of sp³-hybridized carbons (Fsp3) is 0.167. The third kappa shape index (κ3) is 1.99. The number of aromatic nitrogens is 2. The normalized spacial score (nSPS) is 10.4. The van der Waals surface area contributed by atoms with Crippen molar-refractivity contribution in [3.05, 3.63) is 41.0 Å². The monoisotopic (exact) mass is 234 g/mol. The third-order valence-corrected chi connectivity index (χ3v) is 2.67. The number of rotatable bonds is 2. The lowest BCUT2D eigenvalue weighted by molar-refractivity contribution is 0.101. The van der Waals surface area contributed by atoms with E-state index in [9.17, 15) is 4.79 Å². The summed E-state index contributed by atoms with van der Waals surface area (Å²) in [4.78, 5) is 11.2. The zero-order chi connectivity index (χ0) is 11.7. The number of nitrogens with zero attached hydrogens (tertiary/aromatic N) is 2. The van der Waals surface area contributed by atoms with E-state index in [0.29, 0.717) is 10.6 Å². The molecule has 0 saturated carbocycles. The van der Waals surface area contributed by atoms with Gasteiger partial charge in [0.25, 0.3) is 0 Å². The highest BCUT2D eigenvalue weighted by Crippen LogP contribution is 2.24. The fourth-order valence-corrected chi connectivity index (χ4v) is 1.84. The van der Waals surface area contributed by atoms with Gasteiger partial charge in [-0.1, -0.05) is 17.7 Å². The van der Waals surface area contributed by atoms with Crippen LogP contribution >= 0.6 is 11.6 Å². The Kier molecular flexibility index (Phi) is 2.79. The van der Waals surface area contributed by atoms with Gasteiger partial charge >= 0.3 is 0 Å². The Labute approximate surface area is 98.7 Å². The van der Waals surface area contributed by atoms with Crippen molar-refractivity contribution < 1.29 is 4.79 Å². The molecule has 0 aliphatic carbocycles. The molecular weight excluding hydrogens is 224 g/mol. The molecule has 3 nitrogen and oxygen atoms in total. The standard InChI is InChI=1S/C12H11ClN2O/c1-8(16)10-4-3-9(7-11(10)13)12-5-6-15(2)14-12/h3-7H,1-2H3. The summed E-state index contributed by atoms with van der Waals surface area (Å²) in [6.45, 7) is 1.50. The first-order chi connectivity index (χ1) is 7.58. The van der Waals surface area contributed by atoms with Crippen LogP contribution in [-0.4, -0.2) is 15.6 Å². The second-order valence-corrected chi connectivity index (χ2v) is 4.03. The topological polar surface area (TPSA) is 34.9 Å². The van der Waals surface area contributed by atoms with Crippen molar-refractivity contribution in [2.75, 3.05) is 0 Å². The van der Waals surface area contributed by atoms with E-state index in [-0.39, 0.29) is 5.78 Å². The van der Waals surface area contributed by atoms with Crippen molar-refractivity contribution in [2.24, 2.45) is 7.05 Å². The molecule has 0 fully saturated rings. The van der Waals surface area contributed by atoms with Gasteiger partial charge in [0.1, 0.15) is 0 Å². The van der Waals surface area contributed by atoms with E-state index in [1.54, 1.807) is 16.8 Å². The Hall–Kier alpha value is -1.61. The average molecular weight is 235 g/mol. The molecule has 1 heterocycles. The number of halogens is 1. The van der Waals surface area contributed by atoms with Crippen LogP contribution in [0.1, 0.15) is 17.3 Å². The maximum atomic E-state index is 11.2. The molecule has 16 heavy (non-hydrogen) atoms. The number of hydrogen-bond acceptors (Lipinski definition) is 2. The SMILES string of the molecule is CC(=O)c1ccc(-c2ccn(C)n2)cc1Cl. The molecule has 0 bridgehead atoms. The zero-order valence-electron chi connectivity index (χ0n) is 9.07. The molecule has 82 valence electrons. The molecule has 0 spiro atoms. The zero-order valence-corrected chi connectivity index (χ0v) is 9.82. The highest BCUT2D eigenvalue weighted by Gasteiger charge is 2.08. The minimum absolute atomic E-state index is 0.0300. The van der Waals surface area contributed by atoms with E-state index in [0.717, 1.165) is 11.3 Å². The van der Waals surface area contributed by atoms with Gasteiger partial charge in [0, 0.05) is 24.4 Å². The maximum Gasteiger partial charge on any atom is 0.161 e. The predicted molar refractivity (Wildman–Crippen MR) is 63.7 cm³/mol. The largest absolute Gasteiger partial charge is 0.294 e. The molecule has 2 rings (SSSR count). The van der Waals surface area contributed by atoms with Crippen LogP contribution in [0, 0.1) is 0 Å². The number of carbonyl (C=O) groups is 1. The number of carbonyl (C=O) groups excluding carboxylic acids is 1. The third-order valence-electron chi connectivity index (χ3n) is 2.36. The van der Waals surface area contributed by atoms with Crippen LogP contribution in [0.4, 0.5) is 0 Å². The summed E-state index contributed by atoms with van der Waals surface area (Å²) >= 11 is 6.03. The Morgan fingerprint density at radius 2 is 2.12 bits per heavy atom. The van der Waals surface area contributed by atoms with Gasteiger partial charge in [-0.3, -0.25) is 9.48 Å². The fourth-order valence-electron chi connectivity index (χ4n) is 1.53. The second-order valence-electron chi connectivity index (χ2n) is 3.63. The summed E-state index contributed by atoms with van der Waals surface area (Å²) in [5.74, 6) is -0.0300. The lowest BCUT2D eigenvalue weighted by Crippen LogP contribution is -1.94. The number of hydrogen-bond donors (Lipinski definition) is 0. The van der Waals surface area contributed by atoms with Gasteiger partial charge in [-0.25, -0.2) is 0 Å². The van der Waals surface area contributed by atoms with Crippen LogP contribution < -0.4 is 0 Å². The van der Waals surface area contributed by atoms with Crippen molar-refractivity contribution in [3.63, 3.8) is 0 Å². The highest BCUT2D eigenvalue weighted by atomic mass is 35.5. The van der Waals surface area contributed by atoms with Crippen LogP contribution in [0.5, 0.6) is 0 Å². The van der Waals surface area contributed by atoms with Crippen LogP contribution in [0.15, 0.2) is 30.5 Å². The molecule has 0 atom stereocenters. The van der Waals surface area contributed by atoms with Crippen LogP contribution in [0.3, 0.4) is 0 Å². The van der Waals surface area contributed by atoms with Gasteiger partial charge in [-0.2, -0.15) is 5.10 Å². The van der Waals surface area contributed by atoms with Gasteiger partial charge < -0.3 is 0 Å². The summed E-state index contributed by atoms with van der Waals surface area (Å²) in [5.41, 5.74) is 2.30. The van der Waals surface area contributed by atoms with Gasteiger partial charge in [0.15, 0.2) is 5.78 Å². The van der Waals surface area contributed by atoms with Crippen LogP contribution in [0.25, 0.3) is 11.3 Å².